The lowest BCUT2D eigenvalue weighted by Gasteiger charge is -2.24. The van der Waals surface area contributed by atoms with Crippen molar-refractivity contribution in [3.05, 3.63) is 11.5 Å². The molecule has 0 aliphatic carbocycles. The summed E-state index contributed by atoms with van der Waals surface area (Å²) >= 11 is 0. The minimum absolute atomic E-state index is 0.149. The SMILES string of the molecule is CC(C)(/C=C/S(C)(=O)=O)CC(=O)OC(C)(C)C. The van der Waals surface area contributed by atoms with Crippen LogP contribution in [0.1, 0.15) is 41.0 Å². The van der Waals surface area contributed by atoms with Crippen molar-refractivity contribution in [3.63, 3.8) is 0 Å². The fraction of sp³-hybridized carbons (Fsp3) is 0.750. The van der Waals surface area contributed by atoms with Crippen molar-refractivity contribution < 1.29 is 17.9 Å². The number of sulfone groups is 1. The van der Waals surface area contributed by atoms with Gasteiger partial charge in [0.05, 0.1) is 6.42 Å². The van der Waals surface area contributed by atoms with Crippen molar-refractivity contribution in [2.45, 2.75) is 46.6 Å². The Morgan fingerprint density at radius 2 is 1.65 bits per heavy atom. The van der Waals surface area contributed by atoms with E-state index < -0.39 is 20.9 Å². The van der Waals surface area contributed by atoms with E-state index in [9.17, 15) is 13.2 Å². The molecule has 0 unspecified atom stereocenters. The van der Waals surface area contributed by atoms with E-state index in [1.165, 1.54) is 6.08 Å². The van der Waals surface area contributed by atoms with Crippen LogP contribution < -0.4 is 0 Å². The van der Waals surface area contributed by atoms with Gasteiger partial charge in [-0.15, -0.1) is 0 Å². The molecule has 0 atom stereocenters. The van der Waals surface area contributed by atoms with E-state index in [4.69, 9.17) is 4.74 Å². The Labute approximate surface area is 104 Å². The zero-order valence-electron chi connectivity index (χ0n) is 11.4. The second-order valence-corrected chi connectivity index (χ2v) is 7.82. The van der Waals surface area contributed by atoms with Crippen LogP contribution in [0.2, 0.25) is 0 Å². The van der Waals surface area contributed by atoms with Gasteiger partial charge in [-0.3, -0.25) is 4.79 Å². The fourth-order valence-electron chi connectivity index (χ4n) is 1.12. The Morgan fingerprint density at radius 1 is 1.18 bits per heavy atom. The first-order chi connectivity index (χ1) is 7.31. The number of carbonyl (C=O) groups excluding carboxylic acids is 1. The molecule has 0 N–H and O–H groups in total. The van der Waals surface area contributed by atoms with Crippen LogP contribution in [0.25, 0.3) is 0 Å². The van der Waals surface area contributed by atoms with Crippen LogP contribution >= 0.6 is 0 Å². The van der Waals surface area contributed by atoms with E-state index in [1.54, 1.807) is 34.6 Å². The first-order valence-corrected chi connectivity index (χ1v) is 7.37. The van der Waals surface area contributed by atoms with Crippen LogP contribution in [0.15, 0.2) is 11.5 Å². The van der Waals surface area contributed by atoms with Crippen molar-refractivity contribution in [2.75, 3.05) is 6.26 Å². The maximum atomic E-state index is 11.6. The zero-order chi connectivity index (χ0) is 13.9. The van der Waals surface area contributed by atoms with Gasteiger partial charge in [0, 0.05) is 11.7 Å². The number of ether oxygens (including phenoxy) is 1. The maximum Gasteiger partial charge on any atom is 0.307 e. The third-order valence-electron chi connectivity index (χ3n) is 1.79. The maximum absolute atomic E-state index is 11.6. The summed E-state index contributed by atoms with van der Waals surface area (Å²) in [5.41, 5.74) is -1.06. The standard InChI is InChI=1S/C12H22O4S/c1-11(2,3)16-10(13)9-12(4,5)7-8-17(6,14)15/h7-8H,9H2,1-6H3/b8-7+. The van der Waals surface area contributed by atoms with Gasteiger partial charge >= 0.3 is 5.97 Å². The van der Waals surface area contributed by atoms with Gasteiger partial charge in [0.2, 0.25) is 0 Å². The predicted molar refractivity (Wildman–Crippen MR) is 68.2 cm³/mol. The van der Waals surface area contributed by atoms with Gasteiger partial charge in [-0.25, -0.2) is 8.42 Å². The van der Waals surface area contributed by atoms with Gasteiger partial charge in [-0.1, -0.05) is 19.9 Å². The Kier molecular flexibility index (Phi) is 4.95. The molecule has 0 aromatic heterocycles. The van der Waals surface area contributed by atoms with Gasteiger partial charge in [0.15, 0.2) is 9.84 Å². The number of rotatable bonds is 4. The highest BCUT2D eigenvalue weighted by Crippen LogP contribution is 2.24. The van der Waals surface area contributed by atoms with Crippen LogP contribution in [-0.2, 0) is 19.4 Å². The topological polar surface area (TPSA) is 60.4 Å². The van der Waals surface area contributed by atoms with Crippen molar-refractivity contribution in [1.29, 1.82) is 0 Å². The third kappa shape index (κ3) is 10.1. The van der Waals surface area contributed by atoms with Gasteiger partial charge in [0.25, 0.3) is 0 Å². The van der Waals surface area contributed by atoms with Crippen molar-refractivity contribution in [2.24, 2.45) is 5.41 Å². The fourth-order valence-corrected chi connectivity index (χ4v) is 1.73. The molecule has 0 amide bonds. The molecule has 0 heterocycles. The Bertz CT molecular complexity index is 397. The van der Waals surface area contributed by atoms with Crippen LogP contribution in [0.5, 0.6) is 0 Å². The van der Waals surface area contributed by atoms with Crippen LogP contribution in [0.3, 0.4) is 0 Å². The highest BCUT2D eigenvalue weighted by atomic mass is 32.2. The summed E-state index contributed by atoms with van der Waals surface area (Å²) in [5, 5.41) is 1.12. The number of allylic oxidation sites excluding steroid dienone is 1. The molecule has 0 aliphatic heterocycles. The lowest BCUT2D eigenvalue weighted by molar-refractivity contribution is -0.156. The van der Waals surface area contributed by atoms with Crippen LogP contribution in [0.4, 0.5) is 0 Å². The number of hydrogen-bond donors (Lipinski definition) is 0. The van der Waals surface area contributed by atoms with Gasteiger partial charge in [-0.2, -0.15) is 0 Å². The average Bonchev–Trinajstić information content (AvgIpc) is 1.94. The number of carbonyl (C=O) groups is 1. The molecule has 17 heavy (non-hydrogen) atoms. The zero-order valence-corrected chi connectivity index (χ0v) is 12.2. The lowest BCUT2D eigenvalue weighted by atomic mass is 9.90. The second kappa shape index (κ2) is 5.21. The molecule has 0 rings (SSSR count). The van der Waals surface area contributed by atoms with E-state index >= 15 is 0 Å². The predicted octanol–water partition coefficient (Wildman–Crippen LogP) is 2.30. The quantitative estimate of drug-likeness (QED) is 0.729. The average molecular weight is 262 g/mol. The molecule has 0 aliphatic rings. The third-order valence-corrected chi connectivity index (χ3v) is 2.42. The Morgan fingerprint density at radius 3 is 2.00 bits per heavy atom. The minimum Gasteiger partial charge on any atom is -0.460 e. The normalized spacial score (nSPS) is 14.0. The van der Waals surface area contributed by atoms with E-state index in [1.807, 2.05) is 0 Å². The summed E-state index contributed by atoms with van der Waals surface area (Å²) in [4.78, 5) is 11.6. The van der Waals surface area contributed by atoms with Crippen LogP contribution in [0, 0.1) is 5.41 Å². The molecule has 100 valence electrons. The molecule has 0 spiro atoms. The molecule has 0 bridgehead atoms. The summed E-state index contributed by atoms with van der Waals surface area (Å²) in [7, 11) is -3.16. The molecule has 0 fully saturated rings. The van der Waals surface area contributed by atoms with Crippen molar-refractivity contribution >= 4 is 15.8 Å². The van der Waals surface area contributed by atoms with E-state index in [0.717, 1.165) is 11.7 Å². The number of esters is 1. The summed E-state index contributed by atoms with van der Waals surface area (Å²) < 4.78 is 27.2. The Hall–Kier alpha value is -0.840. The lowest BCUT2D eigenvalue weighted by Crippen LogP contribution is -2.27. The molecule has 0 saturated carbocycles. The van der Waals surface area contributed by atoms with Gasteiger partial charge in [0.1, 0.15) is 5.60 Å². The summed E-state index contributed by atoms with van der Waals surface area (Å²) in [6.07, 6.45) is 2.79. The molecule has 0 radical (unpaired) electrons. The molecule has 0 saturated heterocycles. The molecule has 5 heteroatoms. The smallest absolute Gasteiger partial charge is 0.307 e. The van der Waals surface area contributed by atoms with E-state index in [-0.39, 0.29) is 12.4 Å². The van der Waals surface area contributed by atoms with Crippen molar-refractivity contribution in [1.82, 2.24) is 0 Å². The monoisotopic (exact) mass is 262 g/mol. The molecular weight excluding hydrogens is 240 g/mol. The van der Waals surface area contributed by atoms with E-state index in [2.05, 4.69) is 0 Å². The summed E-state index contributed by atoms with van der Waals surface area (Å²) in [6, 6.07) is 0. The van der Waals surface area contributed by atoms with Gasteiger partial charge < -0.3 is 4.74 Å². The Balaban J connectivity index is 4.56. The van der Waals surface area contributed by atoms with Gasteiger partial charge in [-0.05, 0) is 26.2 Å². The molecular formula is C12H22O4S. The molecule has 0 aromatic rings. The highest BCUT2D eigenvalue weighted by molar-refractivity contribution is 7.93. The minimum atomic E-state index is -3.16. The largest absolute Gasteiger partial charge is 0.460 e. The van der Waals surface area contributed by atoms with E-state index in [0.29, 0.717) is 0 Å². The van der Waals surface area contributed by atoms with Crippen LogP contribution in [-0.4, -0.2) is 26.2 Å². The highest BCUT2D eigenvalue weighted by Gasteiger charge is 2.24. The first kappa shape index (κ1) is 16.2. The first-order valence-electron chi connectivity index (χ1n) is 5.42. The molecule has 0 aromatic carbocycles. The van der Waals surface area contributed by atoms with Crippen molar-refractivity contribution in [3.8, 4) is 0 Å². The molecule has 4 nitrogen and oxygen atoms in total. The summed E-state index contributed by atoms with van der Waals surface area (Å²) in [5.74, 6) is -0.333. The number of hydrogen-bond acceptors (Lipinski definition) is 4. The summed E-state index contributed by atoms with van der Waals surface area (Å²) in [6.45, 7) is 8.97. The second-order valence-electron chi connectivity index (χ2n) is 5.88.